The molecule has 6 nitrogen and oxygen atoms in total. The number of ether oxygens (including phenoxy) is 1. The lowest BCUT2D eigenvalue weighted by Crippen LogP contribution is -2.19. The van der Waals surface area contributed by atoms with Gasteiger partial charge in [0.1, 0.15) is 11.4 Å². The van der Waals surface area contributed by atoms with Gasteiger partial charge in [-0.1, -0.05) is 13.8 Å². The van der Waals surface area contributed by atoms with Crippen LogP contribution in [0.15, 0.2) is 0 Å². The highest BCUT2D eigenvalue weighted by molar-refractivity contribution is 5.99. The number of hydrogen-bond donors (Lipinski definition) is 1. The average Bonchev–Trinajstić information content (AvgIpc) is 2.64. The van der Waals surface area contributed by atoms with Crippen molar-refractivity contribution in [1.29, 1.82) is 0 Å². The molecular formula is C12H22N4O2. The molecule has 0 saturated heterocycles. The van der Waals surface area contributed by atoms with Gasteiger partial charge in [-0.05, 0) is 12.8 Å². The van der Waals surface area contributed by atoms with Crippen LogP contribution < -0.4 is 10.6 Å². The molecule has 1 aromatic rings. The van der Waals surface area contributed by atoms with Crippen LogP contribution in [0.4, 0.5) is 11.6 Å². The molecule has 0 amide bonds. The average molecular weight is 254 g/mol. The Morgan fingerprint density at radius 1 is 1.56 bits per heavy atom. The molecule has 0 aliphatic carbocycles. The Morgan fingerprint density at radius 3 is 2.61 bits per heavy atom. The Labute approximate surface area is 108 Å². The van der Waals surface area contributed by atoms with Crippen LogP contribution in [0.5, 0.6) is 0 Å². The van der Waals surface area contributed by atoms with Crippen molar-refractivity contribution in [2.24, 2.45) is 5.92 Å². The second kappa shape index (κ2) is 5.75. The molecule has 0 atom stereocenters. The third kappa shape index (κ3) is 2.75. The lowest BCUT2D eigenvalue weighted by molar-refractivity contribution is 0.0602. The van der Waals surface area contributed by atoms with E-state index in [9.17, 15) is 4.79 Å². The highest BCUT2D eigenvalue weighted by Gasteiger charge is 2.25. The molecule has 0 unspecified atom stereocenters. The van der Waals surface area contributed by atoms with E-state index in [1.54, 1.807) is 4.68 Å². The van der Waals surface area contributed by atoms with E-state index in [-0.39, 0.29) is 0 Å². The molecule has 0 aliphatic rings. The van der Waals surface area contributed by atoms with Gasteiger partial charge in [-0.15, -0.1) is 0 Å². The summed E-state index contributed by atoms with van der Waals surface area (Å²) in [6.07, 6.45) is 0. The van der Waals surface area contributed by atoms with Crippen molar-refractivity contribution in [1.82, 2.24) is 9.78 Å². The second-order valence-electron chi connectivity index (χ2n) is 4.67. The number of carbonyl (C=O) groups is 1. The molecule has 0 fully saturated rings. The zero-order valence-electron chi connectivity index (χ0n) is 11.7. The van der Waals surface area contributed by atoms with E-state index in [2.05, 4.69) is 18.9 Å². The summed E-state index contributed by atoms with van der Waals surface area (Å²) in [6.45, 7) is 7.54. The fourth-order valence-electron chi connectivity index (χ4n) is 1.66. The van der Waals surface area contributed by atoms with Gasteiger partial charge in [0.25, 0.3) is 0 Å². The van der Waals surface area contributed by atoms with Gasteiger partial charge in [0.05, 0.1) is 7.11 Å². The third-order valence-corrected chi connectivity index (χ3v) is 2.74. The molecular weight excluding hydrogens is 232 g/mol. The molecule has 2 N–H and O–H groups in total. The van der Waals surface area contributed by atoms with Crippen molar-refractivity contribution in [3.8, 4) is 0 Å². The minimum Gasteiger partial charge on any atom is -0.465 e. The Kier molecular flexibility index (Phi) is 4.58. The first-order valence-corrected chi connectivity index (χ1v) is 6.08. The summed E-state index contributed by atoms with van der Waals surface area (Å²) < 4.78 is 6.44. The zero-order chi connectivity index (χ0) is 13.9. The summed E-state index contributed by atoms with van der Waals surface area (Å²) in [5.41, 5.74) is 6.34. The molecule has 0 bridgehead atoms. The predicted octanol–water partition coefficient (Wildman–Crippen LogP) is 1.36. The van der Waals surface area contributed by atoms with E-state index < -0.39 is 5.97 Å². The quantitative estimate of drug-likeness (QED) is 0.803. The summed E-state index contributed by atoms with van der Waals surface area (Å²) in [7, 11) is 3.21. The number of anilines is 2. The lowest BCUT2D eigenvalue weighted by atomic mass is 10.2. The molecule has 0 spiro atoms. The van der Waals surface area contributed by atoms with Crippen molar-refractivity contribution >= 4 is 17.6 Å². The Balaban J connectivity index is 3.26. The monoisotopic (exact) mass is 254 g/mol. The minimum atomic E-state index is -0.446. The molecule has 102 valence electrons. The molecule has 0 radical (unpaired) electrons. The van der Waals surface area contributed by atoms with E-state index in [0.717, 1.165) is 6.54 Å². The van der Waals surface area contributed by atoms with Crippen LogP contribution >= 0.6 is 0 Å². The fourth-order valence-corrected chi connectivity index (χ4v) is 1.66. The summed E-state index contributed by atoms with van der Waals surface area (Å²) in [4.78, 5) is 13.7. The number of hydrogen-bond acceptors (Lipinski definition) is 5. The van der Waals surface area contributed by atoms with Crippen LogP contribution in [-0.4, -0.2) is 36.5 Å². The van der Waals surface area contributed by atoms with Crippen LogP contribution in [-0.2, 0) is 11.3 Å². The van der Waals surface area contributed by atoms with E-state index in [4.69, 9.17) is 10.5 Å². The van der Waals surface area contributed by atoms with Crippen molar-refractivity contribution in [2.45, 2.75) is 27.3 Å². The Hall–Kier alpha value is -1.72. The summed E-state index contributed by atoms with van der Waals surface area (Å²) >= 11 is 0. The van der Waals surface area contributed by atoms with Crippen molar-refractivity contribution in [3.63, 3.8) is 0 Å². The normalized spacial score (nSPS) is 10.8. The maximum atomic E-state index is 11.8. The van der Waals surface area contributed by atoms with Gasteiger partial charge in [0.2, 0.25) is 0 Å². The first kappa shape index (κ1) is 14.3. The molecule has 18 heavy (non-hydrogen) atoms. The number of nitrogen functional groups attached to an aromatic ring is 1. The van der Waals surface area contributed by atoms with Crippen molar-refractivity contribution in [3.05, 3.63) is 5.56 Å². The minimum absolute atomic E-state index is 0.350. The number of aromatic nitrogens is 2. The van der Waals surface area contributed by atoms with E-state index in [1.165, 1.54) is 7.11 Å². The predicted molar refractivity (Wildman–Crippen MR) is 71.8 cm³/mol. The van der Waals surface area contributed by atoms with Gasteiger partial charge in [0, 0.05) is 20.1 Å². The lowest BCUT2D eigenvalue weighted by Gasteiger charge is -2.14. The van der Waals surface area contributed by atoms with Crippen LogP contribution in [0, 0.1) is 5.92 Å². The van der Waals surface area contributed by atoms with Crippen LogP contribution in [0.1, 0.15) is 31.1 Å². The van der Waals surface area contributed by atoms with Gasteiger partial charge < -0.3 is 15.4 Å². The highest BCUT2D eigenvalue weighted by Crippen LogP contribution is 2.25. The topological polar surface area (TPSA) is 73.4 Å². The number of rotatable bonds is 5. The molecule has 0 aromatic carbocycles. The Bertz CT molecular complexity index is 426. The SMILES string of the molecule is CCN(C)c1nn(CC(C)C)c(N)c1C(=O)OC. The van der Waals surface area contributed by atoms with Gasteiger partial charge in [0.15, 0.2) is 5.82 Å². The Morgan fingerprint density at radius 2 is 2.17 bits per heavy atom. The van der Waals surface area contributed by atoms with Gasteiger partial charge in [-0.3, -0.25) is 0 Å². The first-order valence-electron chi connectivity index (χ1n) is 6.08. The standard InChI is InChI=1S/C12H22N4O2/c1-6-15(4)11-9(12(17)18-5)10(13)16(14-11)7-8(2)3/h8H,6-7,13H2,1-5H3. The van der Waals surface area contributed by atoms with Crippen LogP contribution in [0.25, 0.3) is 0 Å². The second-order valence-corrected chi connectivity index (χ2v) is 4.67. The maximum Gasteiger partial charge on any atom is 0.345 e. The largest absolute Gasteiger partial charge is 0.465 e. The molecule has 0 saturated carbocycles. The maximum absolute atomic E-state index is 11.8. The van der Waals surface area contributed by atoms with Crippen molar-refractivity contribution < 1.29 is 9.53 Å². The molecule has 1 rings (SSSR count). The van der Waals surface area contributed by atoms with Gasteiger partial charge >= 0.3 is 5.97 Å². The number of nitrogens with zero attached hydrogens (tertiary/aromatic N) is 3. The highest BCUT2D eigenvalue weighted by atomic mass is 16.5. The van der Waals surface area contributed by atoms with E-state index in [1.807, 2.05) is 18.9 Å². The molecule has 1 aromatic heterocycles. The molecule has 0 aliphatic heterocycles. The molecule has 6 heteroatoms. The molecule has 1 heterocycles. The van der Waals surface area contributed by atoms with Crippen LogP contribution in [0.2, 0.25) is 0 Å². The zero-order valence-corrected chi connectivity index (χ0v) is 11.7. The first-order chi connectivity index (χ1) is 8.42. The van der Waals surface area contributed by atoms with Crippen LogP contribution in [0.3, 0.4) is 0 Å². The number of nitrogens with two attached hydrogens (primary N) is 1. The van der Waals surface area contributed by atoms with Gasteiger partial charge in [-0.2, -0.15) is 5.10 Å². The smallest absolute Gasteiger partial charge is 0.345 e. The number of carbonyl (C=O) groups excluding carboxylic acids is 1. The number of methoxy groups -OCH3 is 1. The third-order valence-electron chi connectivity index (χ3n) is 2.74. The number of esters is 1. The van der Waals surface area contributed by atoms with Crippen molar-refractivity contribution in [2.75, 3.05) is 31.3 Å². The van der Waals surface area contributed by atoms with Gasteiger partial charge in [-0.25, -0.2) is 9.48 Å². The fraction of sp³-hybridized carbons (Fsp3) is 0.667. The summed E-state index contributed by atoms with van der Waals surface area (Å²) in [5.74, 6) is 0.892. The van der Waals surface area contributed by atoms with E-state index >= 15 is 0 Å². The summed E-state index contributed by atoms with van der Waals surface area (Å²) in [6, 6.07) is 0. The summed E-state index contributed by atoms with van der Waals surface area (Å²) in [5, 5.41) is 4.41. The van der Waals surface area contributed by atoms with E-state index in [0.29, 0.717) is 29.7 Å².